The summed E-state index contributed by atoms with van der Waals surface area (Å²) >= 11 is 0. The topological polar surface area (TPSA) is 197 Å². The van der Waals surface area contributed by atoms with Gasteiger partial charge < -0.3 is 64.2 Å². The summed E-state index contributed by atoms with van der Waals surface area (Å²) in [6.45, 7) is 9.21. The van der Waals surface area contributed by atoms with Crippen molar-refractivity contribution in [3.05, 3.63) is 0 Å². The van der Waals surface area contributed by atoms with E-state index in [0.29, 0.717) is 42.1 Å². The maximum absolute atomic E-state index is 11.1. The zero-order chi connectivity index (χ0) is 36.9. The molecular weight excluding hydrogens is 676 g/mol. The molecule has 4 heterocycles. The average Bonchev–Trinajstić information content (AvgIpc) is 3.58. The summed E-state index contributed by atoms with van der Waals surface area (Å²) in [5.41, 5.74) is 0.412. The Kier molecular flexibility index (Phi) is 10.4. The highest BCUT2D eigenvalue weighted by molar-refractivity contribution is 5.15. The SMILES string of the molecule is CC1OC(OC2CCC3(C)C(CCC4C3CCC3(C)C4CC4OC5(CCC(CO)CO5)C(C)C43)C2)C(OC2OC(CO)C(O)C(O)C2O)C(O)C1O. The fourth-order valence-corrected chi connectivity index (χ4v) is 13.2. The van der Waals surface area contributed by atoms with Gasteiger partial charge in [-0.2, -0.15) is 0 Å². The van der Waals surface area contributed by atoms with Crippen LogP contribution in [0.1, 0.15) is 91.9 Å². The molecule has 0 radical (unpaired) electrons. The molecule has 8 rings (SSSR count). The summed E-state index contributed by atoms with van der Waals surface area (Å²) in [4.78, 5) is 0. The van der Waals surface area contributed by atoms with Crippen LogP contribution in [0.15, 0.2) is 0 Å². The van der Waals surface area contributed by atoms with Gasteiger partial charge >= 0.3 is 0 Å². The lowest BCUT2D eigenvalue weighted by atomic mass is 9.44. The molecule has 22 atom stereocenters. The number of hydrogen-bond acceptors (Lipinski definition) is 13. The van der Waals surface area contributed by atoms with E-state index in [1.54, 1.807) is 6.92 Å². The lowest BCUT2D eigenvalue weighted by Crippen LogP contribution is -2.64. The number of rotatable bonds is 6. The Hall–Kier alpha value is -0.520. The first-order chi connectivity index (χ1) is 24.7. The average molecular weight is 741 g/mol. The highest BCUT2D eigenvalue weighted by atomic mass is 16.8. The number of aliphatic hydroxyl groups is 7. The van der Waals surface area contributed by atoms with Crippen LogP contribution < -0.4 is 0 Å². The molecule has 0 bridgehead atoms. The molecule has 22 unspecified atom stereocenters. The number of hydrogen-bond donors (Lipinski definition) is 7. The molecule has 0 aromatic heterocycles. The van der Waals surface area contributed by atoms with E-state index < -0.39 is 73.8 Å². The van der Waals surface area contributed by atoms with Crippen LogP contribution in [0.5, 0.6) is 0 Å². The predicted octanol–water partition coefficient (Wildman–Crippen LogP) is 1.44. The van der Waals surface area contributed by atoms with Gasteiger partial charge in [0.25, 0.3) is 0 Å². The molecule has 8 fully saturated rings. The number of fused-ring (bicyclic) bond motifs is 7. The van der Waals surface area contributed by atoms with E-state index in [-0.39, 0.29) is 35.6 Å². The van der Waals surface area contributed by atoms with Crippen LogP contribution in [0, 0.1) is 52.3 Å². The third-order valence-electron chi connectivity index (χ3n) is 16.3. The minimum absolute atomic E-state index is 0.166. The van der Waals surface area contributed by atoms with Gasteiger partial charge in [-0.05, 0) is 105 Å². The van der Waals surface area contributed by atoms with Gasteiger partial charge in [0.05, 0.1) is 31.5 Å². The summed E-state index contributed by atoms with van der Waals surface area (Å²) in [5, 5.41) is 72.4. The van der Waals surface area contributed by atoms with Crippen molar-refractivity contribution in [1.29, 1.82) is 0 Å². The molecule has 13 nitrogen and oxygen atoms in total. The van der Waals surface area contributed by atoms with Gasteiger partial charge in [-0.15, -0.1) is 0 Å². The fourth-order valence-electron chi connectivity index (χ4n) is 13.2. The Labute approximate surface area is 307 Å². The molecule has 298 valence electrons. The Balaban J connectivity index is 0.929. The third kappa shape index (κ3) is 5.98. The largest absolute Gasteiger partial charge is 0.396 e. The molecule has 7 N–H and O–H groups in total. The van der Waals surface area contributed by atoms with Crippen LogP contribution in [0.25, 0.3) is 0 Å². The monoisotopic (exact) mass is 740 g/mol. The van der Waals surface area contributed by atoms with Gasteiger partial charge in [-0.25, -0.2) is 0 Å². The van der Waals surface area contributed by atoms with Crippen LogP contribution in [0.3, 0.4) is 0 Å². The summed E-state index contributed by atoms with van der Waals surface area (Å²) < 4.78 is 37.6. The van der Waals surface area contributed by atoms with Crippen molar-refractivity contribution in [2.75, 3.05) is 19.8 Å². The molecule has 13 heteroatoms. The second kappa shape index (κ2) is 14.1. The Morgan fingerprint density at radius 1 is 0.692 bits per heavy atom. The van der Waals surface area contributed by atoms with Gasteiger partial charge in [0, 0.05) is 24.9 Å². The highest BCUT2D eigenvalue weighted by Gasteiger charge is 2.69. The second-order valence-corrected chi connectivity index (χ2v) is 18.6. The smallest absolute Gasteiger partial charge is 0.187 e. The van der Waals surface area contributed by atoms with Crippen molar-refractivity contribution in [1.82, 2.24) is 0 Å². The van der Waals surface area contributed by atoms with E-state index in [9.17, 15) is 35.7 Å². The van der Waals surface area contributed by atoms with E-state index >= 15 is 0 Å². The molecule has 1 spiro atoms. The van der Waals surface area contributed by atoms with E-state index in [0.717, 1.165) is 44.9 Å². The van der Waals surface area contributed by atoms with Crippen LogP contribution in [0.4, 0.5) is 0 Å². The molecule has 52 heavy (non-hydrogen) atoms. The van der Waals surface area contributed by atoms with E-state index in [2.05, 4.69) is 20.8 Å². The van der Waals surface area contributed by atoms with E-state index in [1.807, 2.05) is 0 Å². The first-order valence-electron chi connectivity index (χ1n) is 20.3. The van der Waals surface area contributed by atoms with Crippen molar-refractivity contribution in [3.63, 3.8) is 0 Å². The first kappa shape index (κ1) is 38.4. The molecule has 4 aliphatic heterocycles. The lowest BCUT2D eigenvalue weighted by molar-refractivity contribution is -0.370. The zero-order valence-electron chi connectivity index (χ0n) is 31.2. The second-order valence-electron chi connectivity index (χ2n) is 18.6. The molecule has 0 aromatic carbocycles. The van der Waals surface area contributed by atoms with Crippen molar-refractivity contribution in [3.8, 4) is 0 Å². The zero-order valence-corrected chi connectivity index (χ0v) is 31.2. The first-order valence-corrected chi connectivity index (χ1v) is 20.3. The molecule has 8 aliphatic rings. The van der Waals surface area contributed by atoms with Gasteiger partial charge in [0.15, 0.2) is 18.4 Å². The molecule has 0 aromatic rings. The normalized spacial score (nSPS) is 59.0. The van der Waals surface area contributed by atoms with Crippen LogP contribution >= 0.6 is 0 Å². The molecular formula is C39H64O13. The maximum atomic E-state index is 11.1. The summed E-state index contributed by atoms with van der Waals surface area (Å²) in [6.07, 6.45) is -2.94. The molecule has 4 saturated carbocycles. The van der Waals surface area contributed by atoms with E-state index in [1.165, 1.54) is 19.3 Å². The highest BCUT2D eigenvalue weighted by Crippen LogP contribution is 2.71. The van der Waals surface area contributed by atoms with Gasteiger partial charge in [0.2, 0.25) is 0 Å². The Morgan fingerprint density at radius 3 is 2.17 bits per heavy atom. The van der Waals surface area contributed by atoms with Crippen molar-refractivity contribution < 1.29 is 64.2 Å². The Bertz CT molecular complexity index is 1260. The quantitative estimate of drug-likeness (QED) is 0.194. The molecule has 4 saturated heterocycles. The van der Waals surface area contributed by atoms with Crippen molar-refractivity contribution >= 4 is 0 Å². The summed E-state index contributed by atoms with van der Waals surface area (Å²) in [6, 6.07) is 0. The minimum atomic E-state index is -1.67. The fraction of sp³-hybridized carbons (Fsp3) is 1.00. The van der Waals surface area contributed by atoms with E-state index in [4.69, 9.17) is 28.4 Å². The van der Waals surface area contributed by atoms with Crippen molar-refractivity contribution in [2.24, 2.45) is 52.3 Å². The number of aliphatic hydroxyl groups excluding tert-OH is 7. The van der Waals surface area contributed by atoms with Crippen LogP contribution in [-0.2, 0) is 28.4 Å². The Morgan fingerprint density at radius 2 is 1.46 bits per heavy atom. The standard InChI is InChI=1S/C39H64O13/c1-18-28-26(52-39(18)12-7-20(15-40)17-47-39)14-25-23-6-5-21-13-22(8-10-37(21,3)24(23)9-11-38(25,28)4)49-36-34(32(45)29(42)19(2)48-36)51-35-33(46)31(44)30(43)27(16-41)50-35/h18-36,40-46H,5-17H2,1-4H3. The summed E-state index contributed by atoms with van der Waals surface area (Å²) in [5.74, 6) is 2.93. The third-order valence-corrected chi connectivity index (χ3v) is 16.3. The number of ether oxygens (including phenoxy) is 6. The summed E-state index contributed by atoms with van der Waals surface area (Å²) in [7, 11) is 0. The van der Waals surface area contributed by atoms with Gasteiger partial charge in [-0.1, -0.05) is 20.8 Å². The van der Waals surface area contributed by atoms with Crippen molar-refractivity contribution in [2.45, 2.75) is 171 Å². The van der Waals surface area contributed by atoms with Gasteiger partial charge in [0.1, 0.15) is 42.7 Å². The minimum Gasteiger partial charge on any atom is -0.396 e. The lowest BCUT2D eigenvalue weighted by Gasteiger charge is -2.61. The van der Waals surface area contributed by atoms with Crippen LogP contribution in [0.2, 0.25) is 0 Å². The molecule has 4 aliphatic carbocycles. The maximum Gasteiger partial charge on any atom is 0.187 e. The van der Waals surface area contributed by atoms with Gasteiger partial charge in [-0.3, -0.25) is 0 Å². The molecule has 0 amide bonds. The van der Waals surface area contributed by atoms with Crippen LogP contribution in [-0.4, -0.2) is 135 Å². The predicted molar refractivity (Wildman–Crippen MR) is 183 cm³/mol.